The summed E-state index contributed by atoms with van der Waals surface area (Å²) in [5.74, 6) is 0.660. The van der Waals surface area contributed by atoms with Gasteiger partial charge in [-0.1, -0.05) is 13.8 Å². The van der Waals surface area contributed by atoms with Crippen LogP contribution in [-0.4, -0.2) is 71.3 Å². The second kappa shape index (κ2) is 7.50. The molecule has 0 atom stereocenters. The maximum absolute atomic E-state index is 4.55. The van der Waals surface area contributed by atoms with Crippen LogP contribution >= 0.6 is 0 Å². The van der Waals surface area contributed by atoms with Gasteiger partial charge in [0, 0.05) is 39.3 Å². The van der Waals surface area contributed by atoms with Crippen molar-refractivity contribution in [3.05, 3.63) is 11.4 Å². The van der Waals surface area contributed by atoms with Crippen molar-refractivity contribution in [2.24, 2.45) is 0 Å². The van der Waals surface area contributed by atoms with Crippen molar-refractivity contribution in [1.82, 2.24) is 25.0 Å². The van der Waals surface area contributed by atoms with E-state index >= 15 is 0 Å². The Morgan fingerprint density at radius 1 is 1.00 bits per heavy atom. The van der Waals surface area contributed by atoms with Gasteiger partial charge in [0.25, 0.3) is 0 Å². The van der Waals surface area contributed by atoms with E-state index < -0.39 is 0 Å². The molecule has 0 aromatic carbocycles. The predicted octanol–water partition coefficient (Wildman–Crippen LogP) is 0.656. The number of anilines is 1. The maximum atomic E-state index is 4.55. The number of nitrogens with zero attached hydrogens (tertiary/aromatic N) is 5. The molecule has 112 valence electrons. The number of aromatic nitrogens is 3. The van der Waals surface area contributed by atoms with Gasteiger partial charge in [0.2, 0.25) is 5.95 Å². The van der Waals surface area contributed by atoms with Gasteiger partial charge in [0.05, 0.1) is 11.4 Å². The molecule has 20 heavy (non-hydrogen) atoms. The Hall–Kier alpha value is -1.27. The number of hydrogen-bond donors (Lipinski definition) is 1. The summed E-state index contributed by atoms with van der Waals surface area (Å²) in [6.07, 6.45) is 1.80. The minimum absolute atomic E-state index is 0.660. The van der Waals surface area contributed by atoms with E-state index in [9.17, 15) is 0 Å². The molecule has 0 aliphatic carbocycles. The highest BCUT2D eigenvalue weighted by Gasteiger charge is 2.13. The van der Waals surface area contributed by atoms with Gasteiger partial charge in [-0.2, -0.15) is 5.10 Å². The Kier molecular flexibility index (Phi) is 5.67. The van der Waals surface area contributed by atoms with Crippen LogP contribution in [-0.2, 0) is 12.8 Å². The van der Waals surface area contributed by atoms with E-state index in [1.807, 2.05) is 0 Å². The normalized spacial score (nSPS) is 17.4. The topological polar surface area (TPSA) is 57.2 Å². The fraction of sp³-hybridized carbons (Fsp3) is 0.786. The first-order chi connectivity index (χ1) is 9.72. The summed E-state index contributed by atoms with van der Waals surface area (Å²) in [4.78, 5) is 9.39. The Balaban J connectivity index is 1.79. The standard InChI is InChI=1S/C14H26N6/c1-4-12-13(5-2)17-18-14(16-12)15-6-7-20-10-8-19(3)9-11-20/h4-11H2,1-3H3,(H,15,16,18). The van der Waals surface area contributed by atoms with Crippen LogP contribution in [0.25, 0.3) is 0 Å². The Morgan fingerprint density at radius 3 is 2.35 bits per heavy atom. The Morgan fingerprint density at radius 2 is 1.70 bits per heavy atom. The largest absolute Gasteiger partial charge is 0.352 e. The number of nitrogens with one attached hydrogen (secondary N) is 1. The van der Waals surface area contributed by atoms with Crippen molar-refractivity contribution < 1.29 is 0 Å². The van der Waals surface area contributed by atoms with Gasteiger partial charge in [0.15, 0.2) is 0 Å². The second-order valence-electron chi connectivity index (χ2n) is 5.31. The first-order valence-corrected chi connectivity index (χ1v) is 7.60. The van der Waals surface area contributed by atoms with Crippen LogP contribution in [0, 0.1) is 0 Å². The van der Waals surface area contributed by atoms with Crippen LogP contribution in [0.1, 0.15) is 25.2 Å². The van der Waals surface area contributed by atoms with E-state index in [1.165, 1.54) is 0 Å². The lowest BCUT2D eigenvalue weighted by atomic mass is 10.2. The maximum Gasteiger partial charge on any atom is 0.243 e. The lowest BCUT2D eigenvalue weighted by Gasteiger charge is -2.32. The molecule has 1 aliphatic rings. The van der Waals surface area contributed by atoms with E-state index in [0.29, 0.717) is 5.95 Å². The van der Waals surface area contributed by atoms with E-state index in [2.05, 4.69) is 51.2 Å². The molecule has 1 fully saturated rings. The first-order valence-electron chi connectivity index (χ1n) is 7.60. The SMILES string of the molecule is CCc1nnc(NCCN2CCN(C)CC2)nc1CC. The molecular formula is C14H26N6. The molecule has 1 N–H and O–H groups in total. The van der Waals surface area contributed by atoms with Crippen molar-refractivity contribution >= 4 is 5.95 Å². The molecule has 0 amide bonds. The monoisotopic (exact) mass is 278 g/mol. The number of aryl methyl sites for hydroxylation is 2. The second-order valence-corrected chi connectivity index (χ2v) is 5.31. The summed E-state index contributed by atoms with van der Waals surface area (Å²) in [6.45, 7) is 10.7. The van der Waals surface area contributed by atoms with Gasteiger partial charge < -0.3 is 10.2 Å². The molecule has 6 nitrogen and oxygen atoms in total. The van der Waals surface area contributed by atoms with Crippen LogP contribution in [0.15, 0.2) is 0 Å². The molecule has 0 spiro atoms. The molecule has 1 aliphatic heterocycles. The molecule has 1 aromatic heterocycles. The van der Waals surface area contributed by atoms with E-state index in [0.717, 1.165) is 63.5 Å². The molecule has 0 bridgehead atoms. The summed E-state index contributed by atoms with van der Waals surface area (Å²) in [5.41, 5.74) is 2.07. The highest BCUT2D eigenvalue weighted by molar-refractivity contribution is 5.25. The summed E-state index contributed by atoms with van der Waals surface area (Å²) < 4.78 is 0. The zero-order chi connectivity index (χ0) is 14.4. The van der Waals surface area contributed by atoms with E-state index in [-0.39, 0.29) is 0 Å². The molecule has 0 saturated carbocycles. The lowest BCUT2D eigenvalue weighted by molar-refractivity contribution is 0.158. The minimum atomic E-state index is 0.660. The van der Waals surface area contributed by atoms with Gasteiger partial charge in [-0.3, -0.25) is 4.90 Å². The lowest BCUT2D eigenvalue weighted by Crippen LogP contribution is -2.45. The summed E-state index contributed by atoms with van der Waals surface area (Å²) in [6, 6.07) is 0. The van der Waals surface area contributed by atoms with Gasteiger partial charge in [-0.05, 0) is 19.9 Å². The van der Waals surface area contributed by atoms with E-state index in [1.54, 1.807) is 0 Å². The Labute approximate surface area is 121 Å². The van der Waals surface area contributed by atoms with Crippen molar-refractivity contribution in [1.29, 1.82) is 0 Å². The van der Waals surface area contributed by atoms with Gasteiger partial charge in [-0.15, -0.1) is 5.10 Å². The van der Waals surface area contributed by atoms with Crippen LogP contribution < -0.4 is 5.32 Å². The molecule has 6 heteroatoms. The van der Waals surface area contributed by atoms with Crippen molar-refractivity contribution in [3.63, 3.8) is 0 Å². The third kappa shape index (κ3) is 4.11. The summed E-state index contributed by atoms with van der Waals surface area (Å²) in [7, 11) is 2.18. The van der Waals surface area contributed by atoms with Crippen molar-refractivity contribution in [2.45, 2.75) is 26.7 Å². The molecule has 1 aromatic rings. The molecule has 1 saturated heterocycles. The fourth-order valence-corrected chi connectivity index (χ4v) is 2.41. The van der Waals surface area contributed by atoms with Crippen molar-refractivity contribution in [3.8, 4) is 0 Å². The Bertz CT molecular complexity index is 414. The fourth-order valence-electron chi connectivity index (χ4n) is 2.41. The molecule has 2 heterocycles. The number of rotatable bonds is 6. The average Bonchev–Trinajstić information content (AvgIpc) is 2.49. The minimum Gasteiger partial charge on any atom is -0.352 e. The summed E-state index contributed by atoms with van der Waals surface area (Å²) in [5, 5.41) is 11.7. The zero-order valence-electron chi connectivity index (χ0n) is 12.9. The van der Waals surface area contributed by atoms with Crippen LogP contribution in [0.4, 0.5) is 5.95 Å². The molecule has 0 radical (unpaired) electrons. The summed E-state index contributed by atoms with van der Waals surface area (Å²) >= 11 is 0. The predicted molar refractivity (Wildman–Crippen MR) is 81.0 cm³/mol. The zero-order valence-corrected chi connectivity index (χ0v) is 12.9. The highest BCUT2D eigenvalue weighted by Crippen LogP contribution is 2.06. The number of likely N-dealkylation sites (N-methyl/N-ethyl adjacent to an activating group) is 1. The molecule has 0 unspecified atom stereocenters. The van der Waals surface area contributed by atoms with Crippen LogP contribution in [0.5, 0.6) is 0 Å². The smallest absolute Gasteiger partial charge is 0.243 e. The quantitative estimate of drug-likeness (QED) is 0.825. The number of hydrogen-bond acceptors (Lipinski definition) is 6. The molecule has 2 rings (SSSR count). The van der Waals surface area contributed by atoms with Crippen molar-refractivity contribution in [2.75, 3.05) is 51.6 Å². The highest BCUT2D eigenvalue weighted by atomic mass is 15.3. The third-order valence-electron chi connectivity index (χ3n) is 3.82. The van der Waals surface area contributed by atoms with Crippen LogP contribution in [0.3, 0.4) is 0 Å². The average molecular weight is 278 g/mol. The van der Waals surface area contributed by atoms with Crippen LogP contribution in [0.2, 0.25) is 0 Å². The third-order valence-corrected chi connectivity index (χ3v) is 3.82. The van der Waals surface area contributed by atoms with Gasteiger partial charge in [-0.25, -0.2) is 4.98 Å². The number of piperazine rings is 1. The van der Waals surface area contributed by atoms with Gasteiger partial charge >= 0.3 is 0 Å². The first kappa shape index (κ1) is 15.1. The van der Waals surface area contributed by atoms with Gasteiger partial charge in [0.1, 0.15) is 0 Å². The van der Waals surface area contributed by atoms with E-state index in [4.69, 9.17) is 0 Å². The molecular weight excluding hydrogens is 252 g/mol.